The van der Waals surface area contributed by atoms with Crippen molar-refractivity contribution >= 4 is 5.91 Å². The number of aliphatic hydroxyl groups excluding tert-OH is 1. The predicted molar refractivity (Wildman–Crippen MR) is 80.2 cm³/mol. The Morgan fingerprint density at radius 1 is 1.38 bits per heavy atom. The normalized spacial score (nSPS) is 9.90. The minimum atomic E-state index is -0.555. The summed E-state index contributed by atoms with van der Waals surface area (Å²) in [5.41, 5.74) is 5.88. The van der Waals surface area contributed by atoms with E-state index >= 15 is 0 Å². The molecule has 114 valence electrons. The zero-order chi connectivity index (χ0) is 15.7. The monoisotopic (exact) mass is 292 g/mol. The van der Waals surface area contributed by atoms with Crippen LogP contribution in [0.25, 0.3) is 0 Å². The first kappa shape index (κ1) is 17.2. The maximum absolute atomic E-state index is 13.8. The van der Waals surface area contributed by atoms with Crippen molar-refractivity contribution < 1.29 is 14.3 Å². The van der Waals surface area contributed by atoms with E-state index in [4.69, 9.17) is 10.8 Å². The summed E-state index contributed by atoms with van der Waals surface area (Å²) in [6, 6.07) is 4.22. The molecule has 0 radical (unpaired) electrons. The Kier molecular flexibility index (Phi) is 7.44. The van der Waals surface area contributed by atoms with Gasteiger partial charge in [-0.2, -0.15) is 0 Å². The lowest BCUT2D eigenvalue weighted by molar-refractivity contribution is 0.0787. The lowest BCUT2D eigenvalue weighted by atomic mass is 10.1. The Labute approximate surface area is 124 Å². The summed E-state index contributed by atoms with van der Waals surface area (Å²) in [5, 5.41) is 8.70. The van der Waals surface area contributed by atoms with Crippen LogP contribution in [0.4, 0.5) is 4.39 Å². The summed E-state index contributed by atoms with van der Waals surface area (Å²) < 4.78 is 13.8. The number of benzene rings is 1. The molecule has 1 aromatic carbocycles. The number of amides is 1. The zero-order valence-corrected chi connectivity index (χ0v) is 12.2. The third kappa shape index (κ3) is 5.54. The average molecular weight is 292 g/mol. The van der Waals surface area contributed by atoms with Crippen LogP contribution in [0.1, 0.15) is 35.2 Å². The van der Waals surface area contributed by atoms with Crippen LogP contribution in [-0.2, 0) is 0 Å². The maximum Gasteiger partial charge on any atom is 0.256 e. The van der Waals surface area contributed by atoms with E-state index in [9.17, 15) is 9.18 Å². The smallest absolute Gasteiger partial charge is 0.256 e. The third-order valence-electron chi connectivity index (χ3n) is 3.03. The summed E-state index contributed by atoms with van der Waals surface area (Å²) >= 11 is 0. The van der Waals surface area contributed by atoms with Gasteiger partial charge in [0.05, 0.1) is 12.1 Å². The molecule has 21 heavy (non-hydrogen) atoms. The second-order valence-corrected chi connectivity index (χ2v) is 4.71. The maximum atomic E-state index is 13.8. The molecular weight excluding hydrogens is 271 g/mol. The number of hydrogen-bond acceptors (Lipinski definition) is 3. The summed E-state index contributed by atoms with van der Waals surface area (Å²) in [4.78, 5) is 13.7. The second-order valence-electron chi connectivity index (χ2n) is 4.71. The number of nitrogens with zero attached hydrogens (tertiary/aromatic N) is 1. The second kappa shape index (κ2) is 9.11. The minimum Gasteiger partial charge on any atom is -0.396 e. The Hall–Kier alpha value is -1.90. The SMILES string of the molecule is CN(CCCCCO)C(=O)c1cc(C#CCN)ccc1F. The number of carbonyl (C=O) groups is 1. The molecule has 1 amide bonds. The Morgan fingerprint density at radius 3 is 2.81 bits per heavy atom. The molecule has 1 rings (SSSR count). The summed E-state index contributed by atoms with van der Waals surface area (Å²) in [7, 11) is 1.64. The number of carbonyl (C=O) groups excluding carboxylic acids is 1. The van der Waals surface area contributed by atoms with Crippen LogP contribution in [0.3, 0.4) is 0 Å². The van der Waals surface area contributed by atoms with E-state index in [1.165, 1.54) is 23.1 Å². The van der Waals surface area contributed by atoms with Crippen molar-refractivity contribution in [3.05, 3.63) is 35.1 Å². The van der Waals surface area contributed by atoms with Gasteiger partial charge in [-0.05, 0) is 37.5 Å². The van der Waals surface area contributed by atoms with Crippen LogP contribution in [0.5, 0.6) is 0 Å². The highest BCUT2D eigenvalue weighted by atomic mass is 19.1. The van der Waals surface area contributed by atoms with Gasteiger partial charge in [0.1, 0.15) is 5.82 Å². The van der Waals surface area contributed by atoms with Gasteiger partial charge in [0.25, 0.3) is 5.91 Å². The number of unbranched alkanes of at least 4 members (excludes halogenated alkanes) is 2. The molecule has 0 aromatic heterocycles. The highest BCUT2D eigenvalue weighted by Crippen LogP contribution is 2.13. The van der Waals surface area contributed by atoms with Gasteiger partial charge in [-0.25, -0.2) is 4.39 Å². The summed E-state index contributed by atoms with van der Waals surface area (Å²) in [6.07, 6.45) is 2.32. The van der Waals surface area contributed by atoms with E-state index in [1.807, 2.05) is 0 Å². The van der Waals surface area contributed by atoms with E-state index in [0.29, 0.717) is 18.5 Å². The van der Waals surface area contributed by atoms with E-state index in [1.54, 1.807) is 7.05 Å². The topological polar surface area (TPSA) is 66.6 Å². The predicted octanol–water partition coefficient (Wildman–Crippen LogP) is 1.37. The third-order valence-corrected chi connectivity index (χ3v) is 3.03. The molecule has 0 atom stereocenters. The molecule has 0 aliphatic carbocycles. The molecule has 0 aliphatic rings. The van der Waals surface area contributed by atoms with Crippen molar-refractivity contribution in [2.24, 2.45) is 5.73 Å². The van der Waals surface area contributed by atoms with Gasteiger partial charge < -0.3 is 15.7 Å². The molecular formula is C16H21FN2O2. The fourth-order valence-corrected chi connectivity index (χ4v) is 1.86. The molecule has 0 unspecified atom stereocenters. The highest BCUT2D eigenvalue weighted by molar-refractivity contribution is 5.94. The molecule has 0 fully saturated rings. The van der Waals surface area contributed by atoms with Crippen LogP contribution < -0.4 is 5.73 Å². The van der Waals surface area contributed by atoms with E-state index in [-0.39, 0.29) is 24.6 Å². The summed E-state index contributed by atoms with van der Waals surface area (Å²) in [5.74, 6) is 4.54. The molecule has 1 aromatic rings. The van der Waals surface area contributed by atoms with Gasteiger partial charge >= 0.3 is 0 Å². The average Bonchev–Trinajstić information content (AvgIpc) is 2.49. The van der Waals surface area contributed by atoms with Crippen LogP contribution in [0.2, 0.25) is 0 Å². The van der Waals surface area contributed by atoms with Gasteiger partial charge in [0.2, 0.25) is 0 Å². The van der Waals surface area contributed by atoms with Crippen molar-refractivity contribution in [3.8, 4) is 11.8 Å². The van der Waals surface area contributed by atoms with Gasteiger partial charge in [0.15, 0.2) is 0 Å². The standard InChI is InChI=1S/C16H21FN2O2/c1-19(10-3-2-4-11-20)16(21)14-12-13(6-5-9-18)7-8-15(14)17/h7-8,12,20H,2-4,9-11,18H2,1H3. The first-order chi connectivity index (χ1) is 10.1. The Bertz CT molecular complexity index is 535. The Balaban J connectivity index is 2.76. The summed E-state index contributed by atoms with van der Waals surface area (Å²) in [6.45, 7) is 0.885. The van der Waals surface area contributed by atoms with Crippen molar-refractivity contribution in [1.82, 2.24) is 4.90 Å². The first-order valence-electron chi connectivity index (χ1n) is 6.95. The molecule has 0 spiro atoms. The van der Waals surface area contributed by atoms with Crippen molar-refractivity contribution in [3.63, 3.8) is 0 Å². The van der Waals surface area contributed by atoms with E-state index in [0.717, 1.165) is 12.8 Å². The first-order valence-corrected chi connectivity index (χ1v) is 6.95. The van der Waals surface area contributed by atoms with Gasteiger partial charge in [-0.1, -0.05) is 11.8 Å². The van der Waals surface area contributed by atoms with Gasteiger partial charge in [0, 0.05) is 25.8 Å². The number of nitrogens with two attached hydrogens (primary N) is 1. The highest BCUT2D eigenvalue weighted by Gasteiger charge is 2.16. The molecule has 0 bridgehead atoms. The fourth-order valence-electron chi connectivity index (χ4n) is 1.86. The number of rotatable bonds is 6. The van der Waals surface area contributed by atoms with Crippen molar-refractivity contribution in [1.29, 1.82) is 0 Å². The Morgan fingerprint density at radius 2 is 2.14 bits per heavy atom. The molecule has 5 heteroatoms. The van der Waals surface area contributed by atoms with Crippen LogP contribution in [0, 0.1) is 17.7 Å². The van der Waals surface area contributed by atoms with Crippen molar-refractivity contribution in [2.75, 3.05) is 26.7 Å². The van der Waals surface area contributed by atoms with Crippen LogP contribution in [-0.4, -0.2) is 42.7 Å². The largest absolute Gasteiger partial charge is 0.396 e. The molecule has 0 heterocycles. The lowest BCUT2D eigenvalue weighted by Gasteiger charge is -2.17. The quantitative estimate of drug-likeness (QED) is 0.615. The molecule has 0 saturated carbocycles. The van der Waals surface area contributed by atoms with Gasteiger partial charge in [-0.3, -0.25) is 4.79 Å². The lowest BCUT2D eigenvalue weighted by Crippen LogP contribution is -2.28. The van der Waals surface area contributed by atoms with Crippen LogP contribution >= 0.6 is 0 Å². The molecule has 4 nitrogen and oxygen atoms in total. The van der Waals surface area contributed by atoms with E-state index < -0.39 is 5.82 Å². The molecule has 0 saturated heterocycles. The number of halogens is 1. The van der Waals surface area contributed by atoms with Crippen LogP contribution in [0.15, 0.2) is 18.2 Å². The molecule has 0 aliphatic heterocycles. The number of aliphatic hydroxyl groups is 1. The zero-order valence-electron chi connectivity index (χ0n) is 12.2. The fraction of sp³-hybridized carbons (Fsp3) is 0.438. The van der Waals surface area contributed by atoms with E-state index in [2.05, 4.69) is 11.8 Å². The van der Waals surface area contributed by atoms with Crippen molar-refractivity contribution in [2.45, 2.75) is 19.3 Å². The van der Waals surface area contributed by atoms with Gasteiger partial charge in [-0.15, -0.1) is 0 Å². The number of hydrogen-bond donors (Lipinski definition) is 2. The molecule has 3 N–H and O–H groups in total. The minimum absolute atomic E-state index is 0.0171.